The number of rotatable bonds is 3. The summed E-state index contributed by atoms with van der Waals surface area (Å²) in [7, 11) is 2.24. The fraction of sp³-hybridized carbons (Fsp3) is 1.00. The molecule has 3 atom stereocenters. The maximum absolute atomic E-state index is 5.44. The number of hydrogen-bond donors (Lipinski definition) is 1. The van der Waals surface area contributed by atoms with Crippen LogP contribution in [0.15, 0.2) is 0 Å². The molecule has 2 heterocycles. The molecule has 1 N–H and O–H groups in total. The number of likely N-dealkylation sites (tertiary alicyclic amines) is 1. The Hall–Kier alpha value is -0.120. The van der Waals surface area contributed by atoms with Crippen LogP contribution >= 0.6 is 0 Å². The molecule has 2 aliphatic rings. The Morgan fingerprint density at radius 1 is 1.24 bits per heavy atom. The normalized spacial score (nSPS) is 34.8. The number of hydrogen-bond acceptors (Lipinski definition) is 3. The number of piperidine rings is 1. The molecule has 0 aromatic carbocycles. The molecule has 0 amide bonds. The van der Waals surface area contributed by atoms with Crippen molar-refractivity contribution in [3.8, 4) is 0 Å². The Morgan fingerprint density at radius 3 is 2.59 bits per heavy atom. The molecule has 0 radical (unpaired) electrons. The van der Waals surface area contributed by atoms with Crippen molar-refractivity contribution in [1.82, 2.24) is 10.2 Å². The van der Waals surface area contributed by atoms with Crippen molar-refractivity contribution in [2.75, 3.05) is 26.8 Å². The van der Waals surface area contributed by atoms with Gasteiger partial charge in [0.15, 0.2) is 0 Å². The Kier molecular flexibility index (Phi) is 4.83. The van der Waals surface area contributed by atoms with Crippen molar-refractivity contribution >= 4 is 0 Å². The molecule has 0 aromatic rings. The lowest BCUT2D eigenvalue weighted by molar-refractivity contribution is 0.0516. The maximum Gasteiger partial charge on any atom is 0.0469 e. The fourth-order valence-electron chi connectivity index (χ4n) is 3.16. The van der Waals surface area contributed by atoms with Gasteiger partial charge in [-0.3, -0.25) is 0 Å². The summed E-state index contributed by atoms with van der Waals surface area (Å²) < 4.78 is 5.44. The van der Waals surface area contributed by atoms with Crippen molar-refractivity contribution < 1.29 is 4.74 Å². The summed E-state index contributed by atoms with van der Waals surface area (Å²) in [5.74, 6) is 0.818. The van der Waals surface area contributed by atoms with E-state index in [2.05, 4.69) is 31.1 Å². The lowest BCUT2D eigenvalue weighted by Crippen LogP contribution is -2.50. The number of nitrogens with zero attached hydrogens (tertiary/aromatic N) is 1. The molecule has 0 aromatic heterocycles. The molecule has 3 nitrogen and oxygen atoms in total. The summed E-state index contributed by atoms with van der Waals surface area (Å²) in [6.45, 7) is 7.85. The monoisotopic (exact) mass is 240 g/mol. The molecule has 0 aliphatic carbocycles. The van der Waals surface area contributed by atoms with Gasteiger partial charge in [-0.25, -0.2) is 0 Å². The van der Waals surface area contributed by atoms with Crippen LogP contribution in [0.25, 0.3) is 0 Å². The van der Waals surface area contributed by atoms with Gasteiger partial charge in [-0.05, 0) is 59.0 Å². The van der Waals surface area contributed by atoms with E-state index in [4.69, 9.17) is 4.74 Å². The van der Waals surface area contributed by atoms with E-state index < -0.39 is 0 Å². The fourth-order valence-corrected chi connectivity index (χ4v) is 3.16. The second kappa shape index (κ2) is 6.17. The van der Waals surface area contributed by atoms with Gasteiger partial charge < -0.3 is 15.0 Å². The largest absolute Gasteiger partial charge is 0.381 e. The molecule has 0 spiro atoms. The standard InChI is InChI=1S/C14H28N2O/c1-11-10-14(4-7-16(11)3)15-12(2)13-5-8-17-9-6-13/h11-15H,4-10H2,1-3H3. The highest BCUT2D eigenvalue weighted by Crippen LogP contribution is 2.21. The molecule has 2 fully saturated rings. The summed E-state index contributed by atoms with van der Waals surface area (Å²) >= 11 is 0. The van der Waals surface area contributed by atoms with Crippen LogP contribution in [0.5, 0.6) is 0 Å². The first kappa shape index (κ1) is 13.3. The zero-order valence-electron chi connectivity index (χ0n) is 11.6. The van der Waals surface area contributed by atoms with Gasteiger partial charge in [0, 0.05) is 31.3 Å². The lowest BCUT2D eigenvalue weighted by Gasteiger charge is -2.38. The molecule has 2 aliphatic heterocycles. The molecule has 100 valence electrons. The Balaban J connectivity index is 1.76. The highest BCUT2D eigenvalue weighted by molar-refractivity contribution is 4.85. The molecule has 0 bridgehead atoms. The van der Waals surface area contributed by atoms with E-state index in [1.165, 1.54) is 32.2 Å². The summed E-state index contributed by atoms with van der Waals surface area (Å²) in [6.07, 6.45) is 5.06. The maximum atomic E-state index is 5.44. The van der Waals surface area contributed by atoms with Crippen LogP contribution in [0.4, 0.5) is 0 Å². The minimum Gasteiger partial charge on any atom is -0.381 e. The smallest absolute Gasteiger partial charge is 0.0469 e. The zero-order valence-corrected chi connectivity index (χ0v) is 11.6. The minimum absolute atomic E-state index is 0.652. The van der Waals surface area contributed by atoms with Gasteiger partial charge in [0.05, 0.1) is 0 Å². The second-order valence-electron chi connectivity index (χ2n) is 5.96. The number of ether oxygens (including phenoxy) is 1. The lowest BCUT2D eigenvalue weighted by atomic mass is 9.90. The highest BCUT2D eigenvalue weighted by atomic mass is 16.5. The molecule has 2 rings (SSSR count). The summed E-state index contributed by atoms with van der Waals surface area (Å²) in [5.41, 5.74) is 0. The molecule has 0 saturated carbocycles. The molecule has 3 heteroatoms. The molecular formula is C14H28N2O. The van der Waals surface area contributed by atoms with Crippen LogP contribution in [0.1, 0.15) is 39.5 Å². The van der Waals surface area contributed by atoms with Crippen molar-refractivity contribution in [2.45, 2.75) is 57.7 Å². The van der Waals surface area contributed by atoms with Crippen molar-refractivity contribution in [2.24, 2.45) is 5.92 Å². The van der Waals surface area contributed by atoms with Crippen LogP contribution in [0.3, 0.4) is 0 Å². The van der Waals surface area contributed by atoms with Gasteiger partial charge in [-0.2, -0.15) is 0 Å². The Morgan fingerprint density at radius 2 is 1.94 bits per heavy atom. The molecule has 17 heavy (non-hydrogen) atoms. The third-order valence-electron chi connectivity index (χ3n) is 4.68. The third kappa shape index (κ3) is 3.67. The van der Waals surface area contributed by atoms with Gasteiger partial charge in [-0.1, -0.05) is 0 Å². The first-order valence-corrected chi connectivity index (χ1v) is 7.21. The van der Waals surface area contributed by atoms with Gasteiger partial charge in [0.25, 0.3) is 0 Å². The van der Waals surface area contributed by atoms with Crippen LogP contribution in [0, 0.1) is 5.92 Å². The summed E-state index contributed by atoms with van der Waals surface area (Å²) in [5, 5.41) is 3.86. The molecular weight excluding hydrogens is 212 g/mol. The van der Waals surface area contributed by atoms with E-state index in [0.717, 1.165) is 31.2 Å². The van der Waals surface area contributed by atoms with E-state index in [1.54, 1.807) is 0 Å². The minimum atomic E-state index is 0.652. The summed E-state index contributed by atoms with van der Waals surface area (Å²) in [6, 6.07) is 2.10. The van der Waals surface area contributed by atoms with Crippen LogP contribution in [0.2, 0.25) is 0 Å². The van der Waals surface area contributed by atoms with E-state index >= 15 is 0 Å². The van der Waals surface area contributed by atoms with Crippen LogP contribution in [-0.4, -0.2) is 49.8 Å². The summed E-state index contributed by atoms with van der Waals surface area (Å²) in [4.78, 5) is 2.47. The average molecular weight is 240 g/mol. The van der Waals surface area contributed by atoms with Crippen molar-refractivity contribution in [3.63, 3.8) is 0 Å². The van der Waals surface area contributed by atoms with E-state index in [9.17, 15) is 0 Å². The van der Waals surface area contributed by atoms with Gasteiger partial charge in [0.1, 0.15) is 0 Å². The predicted molar refractivity (Wildman–Crippen MR) is 71.3 cm³/mol. The zero-order chi connectivity index (χ0) is 12.3. The first-order chi connectivity index (χ1) is 8.16. The topological polar surface area (TPSA) is 24.5 Å². The Bertz CT molecular complexity index is 228. The van der Waals surface area contributed by atoms with Gasteiger partial charge in [-0.15, -0.1) is 0 Å². The Labute approximate surface area is 106 Å². The van der Waals surface area contributed by atoms with Gasteiger partial charge in [0.2, 0.25) is 0 Å². The van der Waals surface area contributed by atoms with Crippen molar-refractivity contribution in [1.29, 1.82) is 0 Å². The van der Waals surface area contributed by atoms with Crippen molar-refractivity contribution in [3.05, 3.63) is 0 Å². The predicted octanol–water partition coefficient (Wildman–Crippen LogP) is 1.87. The molecule has 2 saturated heterocycles. The molecule has 3 unspecified atom stereocenters. The van der Waals surface area contributed by atoms with Gasteiger partial charge >= 0.3 is 0 Å². The van der Waals surface area contributed by atoms with E-state index in [-0.39, 0.29) is 0 Å². The average Bonchev–Trinajstić information content (AvgIpc) is 2.35. The van der Waals surface area contributed by atoms with Crippen LogP contribution < -0.4 is 5.32 Å². The van der Waals surface area contributed by atoms with E-state index in [0.29, 0.717) is 6.04 Å². The first-order valence-electron chi connectivity index (χ1n) is 7.21. The highest BCUT2D eigenvalue weighted by Gasteiger charge is 2.26. The quantitative estimate of drug-likeness (QED) is 0.815. The SMILES string of the molecule is CC(NC1CCN(C)C(C)C1)C1CCOCC1. The van der Waals surface area contributed by atoms with E-state index in [1.807, 2.05) is 0 Å². The third-order valence-corrected chi connectivity index (χ3v) is 4.68. The second-order valence-corrected chi connectivity index (χ2v) is 5.96. The van der Waals surface area contributed by atoms with Crippen LogP contribution in [-0.2, 0) is 4.74 Å². The number of nitrogens with one attached hydrogen (secondary N) is 1.